The van der Waals surface area contributed by atoms with E-state index in [1.54, 1.807) is 24.4 Å². The van der Waals surface area contributed by atoms with E-state index in [0.717, 1.165) is 22.6 Å². The van der Waals surface area contributed by atoms with Crippen LogP contribution in [-0.2, 0) is 0 Å². The minimum atomic E-state index is 0.383. The lowest BCUT2D eigenvalue weighted by Crippen LogP contribution is -2.23. The topological polar surface area (TPSA) is 54.9 Å². The van der Waals surface area contributed by atoms with Crippen molar-refractivity contribution in [3.05, 3.63) is 88.9 Å². The molecule has 154 valence electrons. The summed E-state index contributed by atoms with van der Waals surface area (Å²) in [5, 5.41) is 8.20. The zero-order chi connectivity index (χ0) is 21.2. The molecule has 30 heavy (non-hydrogen) atoms. The van der Waals surface area contributed by atoms with Gasteiger partial charge in [0.2, 0.25) is 0 Å². The number of rotatable bonds is 8. The van der Waals surface area contributed by atoms with Gasteiger partial charge in [0, 0.05) is 16.3 Å². The van der Waals surface area contributed by atoms with Crippen molar-refractivity contribution in [2.45, 2.75) is 6.92 Å². The van der Waals surface area contributed by atoms with Gasteiger partial charge in [0.25, 0.3) is 0 Å². The molecule has 0 aliphatic heterocycles. The summed E-state index contributed by atoms with van der Waals surface area (Å²) in [6, 6.07) is 22.9. The van der Waals surface area contributed by atoms with Crippen LogP contribution in [0, 0.1) is 6.92 Å². The third kappa shape index (κ3) is 7.06. The van der Waals surface area contributed by atoms with Crippen molar-refractivity contribution in [3.8, 4) is 11.5 Å². The van der Waals surface area contributed by atoms with Gasteiger partial charge in [-0.05, 0) is 67.2 Å². The van der Waals surface area contributed by atoms with Crippen LogP contribution in [0.1, 0.15) is 11.1 Å². The van der Waals surface area contributed by atoms with Crippen molar-refractivity contribution in [3.63, 3.8) is 0 Å². The van der Waals surface area contributed by atoms with Gasteiger partial charge in [0.1, 0.15) is 24.7 Å². The summed E-state index contributed by atoms with van der Waals surface area (Å²) >= 11 is 11.4. The van der Waals surface area contributed by atoms with Gasteiger partial charge in [-0.2, -0.15) is 5.10 Å². The van der Waals surface area contributed by atoms with Crippen LogP contribution in [0.2, 0.25) is 5.02 Å². The van der Waals surface area contributed by atoms with Crippen molar-refractivity contribution < 1.29 is 9.47 Å². The van der Waals surface area contributed by atoms with E-state index in [2.05, 4.69) is 15.8 Å². The second kappa shape index (κ2) is 11.2. The van der Waals surface area contributed by atoms with E-state index in [1.807, 2.05) is 61.5 Å². The van der Waals surface area contributed by atoms with Crippen LogP contribution in [0.3, 0.4) is 0 Å². The lowest BCUT2D eigenvalue weighted by molar-refractivity contribution is 0.217. The quantitative estimate of drug-likeness (QED) is 0.212. The Balaban J connectivity index is 1.52. The van der Waals surface area contributed by atoms with E-state index < -0.39 is 0 Å². The van der Waals surface area contributed by atoms with Gasteiger partial charge in [0.15, 0.2) is 5.11 Å². The standard InChI is InChI=1S/C23H22ClN3O2S/c1-17-6-5-9-21(14-17)28-12-13-29-22-11-10-19(24)15-18(22)16-25-27-23(30)26-20-7-3-2-4-8-20/h2-11,14-16H,12-13H2,1H3,(H2,26,27,30)/b25-16+. The molecule has 0 aliphatic rings. The first-order valence-corrected chi connectivity index (χ1v) is 10.2. The van der Waals surface area contributed by atoms with Gasteiger partial charge in [-0.3, -0.25) is 5.43 Å². The molecule has 3 rings (SSSR count). The predicted octanol–water partition coefficient (Wildman–Crippen LogP) is 5.43. The maximum Gasteiger partial charge on any atom is 0.191 e. The summed E-state index contributed by atoms with van der Waals surface area (Å²) in [4.78, 5) is 0. The minimum absolute atomic E-state index is 0.383. The maximum absolute atomic E-state index is 6.12. The average Bonchev–Trinajstić information content (AvgIpc) is 2.73. The van der Waals surface area contributed by atoms with Crippen molar-refractivity contribution >= 4 is 40.8 Å². The first kappa shape index (κ1) is 21.6. The SMILES string of the molecule is Cc1cccc(OCCOc2ccc(Cl)cc2/C=N/NC(=S)Nc2ccccc2)c1. The van der Waals surface area contributed by atoms with E-state index in [0.29, 0.717) is 29.1 Å². The Kier molecular flexibility index (Phi) is 8.06. The van der Waals surface area contributed by atoms with Crippen LogP contribution >= 0.6 is 23.8 Å². The summed E-state index contributed by atoms with van der Waals surface area (Å²) in [6.45, 7) is 2.83. The Labute approximate surface area is 186 Å². The highest BCUT2D eigenvalue weighted by atomic mass is 35.5. The second-order valence-corrected chi connectivity index (χ2v) is 7.23. The van der Waals surface area contributed by atoms with Crippen LogP contribution < -0.4 is 20.2 Å². The average molecular weight is 440 g/mol. The number of ether oxygens (including phenoxy) is 2. The number of hydrogen-bond donors (Lipinski definition) is 2. The zero-order valence-electron chi connectivity index (χ0n) is 16.5. The molecule has 0 atom stereocenters. The summed E-state index contributed by atoms with van der Waals surface area (Å²) < 4.78 is 11.6. The minimum Gasteiger partial charge on any atom is -0.490 e. The van der Waals surface area contributed by atoms with Gasteiger partial charge >= 0.3 is 0 Å². The van der Waals surface area contributed by atoms with Gasteiger partial charge in [-0.15, -0.1) is 0 Å². The molecule has 0 saturated heterocycles. The van der Waals surface area contributed by atoms with Crippen molar-refractivity contribution in [1.29, 1.82) is 0 Å². The largest absolute Gasteiger partial charge is 0.490 e. The second-order valence-electron chi connectivity index (χ2n) is 6.39. The van der Waals surface area contributed by atoms with Crippen LogP contribution in [0.25, 0.3) is 0 Å². The van der Waals surface area contributed by atoms with Crippen molar-refractivity contribution in [2.24, 2.45) is 5.10 Å². The molecule has 0 amide bonds. The van der Waals surface area contributed by atoms with Gasteiger partial charge in [-0.1, -0.05) is 41.9 Å². The summed E-state index contributed by atoms with van der Waals surface area (Å²) in [7, 11) is 0. The number of nitrogens with one attached hydrogen (secondary N) is 2. The molecule has 0 aliphatic carbocycles. The molecule has 0 saturated carbocycles. The normalized spacial score (nSPS) is 10.6. The first-order chi connectivity index (χ1) is 14.6. The van der Waals surface area contributed by atoms with Crippen LogP contribution in [-0.4, -0.2) is 24.5 Å². The number of benzene rings is 3. The maximum atomic E-state index is 6.12. The number of hydrogen-bond acceptors (Lipinski definition) is 4. The molecule has 3 aromatic rings. The molecule has 0 unspecified atom stereocenters. The highest BCUT2D eigenvalue weighted by Gasteiger charge is 2.04. The molecule has 0 radical (unpaired) electrons. The molecule has 0 heterocycles. The monoisotopic (exact) mass is 439 g/mol. The van der Waals surface area contributed by atoms with Crippen molar-refractivity contribution in [1.82, 2.24) is 5.43 Å². The lowest BCUT2D eigenvalue weighted by Gasteiger charge is -2.11. The number of nitrogens with zero attached hydrogens (tertiary/aromatic N) is 1. The number of halogens is 1. The first-order valence-electron chi connectivity index (χ1n) is 9.37. The molecule has 3 aromatic carbocycles. The number of anilines is 1. The molecule has 5 nitrogen and oxygen atoms in total. The zero-order valence-corrected chi connectivity index (χ0v) is 18.0. The van der Waals surface area contributed by atoms with Crippen LogP contribution in [0.15, 0.2) is 77.9 Å². The molecule has 0 aromatic heterocycles. The highest BCUT2D eigenvalue weighted by molar-refractivity contribution is 7.80. The van der Waals surface area contributed by atoms with Crippen LogP contribution in [0.4, 0.5) is 5.69 Å². The molecule has 0 fully saturated rings. The molecule has 7 heteroatoms. The van der Waals surface area contributed by atoms with Gasteiger partial charge in [-0.25, -0.2) is 0 Å². The van der Waals surface area contributed by atoms with Gasteiger partial charge < -0.3 is 14.8 Å². The fourth-order valence-corrected chi connectivity index (χ4v) is 2.96. The van der Waals surface area contributed by atoms with Crippen molar-refractivity contribution in [2.75, 3.05) is 18.5 Å². The van der Waals surface area contributed by atoms with Gasteiger partial charge in [0.05, 0.1) is 6.21 Å². The summed E-state index contributed by atoms with van der Waals surface area (Å²) in [5.41, 5.74) is 5.55. The third-order valence-electron chi connectivity index (χ3n) is 3.97. The fraction of sp³-hybridized carbons (Fsp3) is 0.130. The summed E-state index contributed by atoms with van der Waals surface area (Å²) in [6.07, 6.45) is 1.61. The van der Waals surface area contributed by atoms with E-state index in [-0.39, 0.29) is 0 Å². The van der Waals surface area contributed by atoms with Crippen LogP contribution in [0.5, 0.6) is 11.5 Å². The Morgan fingerprint density at radius 1 is 1.00 bits per heavy atom. The molecule has 0 spiro atoms. The lowest BCUT2D eigenvalue weighted by atomic mass is 10.2. The Morgan fingerprint density at radius 3 is 2.60 bits per heavy atom. The van der Waals surface area contributed by atoms with E-state index >= 15 is 0 Å². The third-order valence-corrected chi connectivity index (χ3v) is 4.40. The summed E-state index contributed by atoms with van der Waals surface area (Å²) in [5.74, 6) is 1.47. The molecular formula is C23H22ClN3O2S. The Hall–Kier alpha value is -3.09. The number of aryl methyl sites for hydroxylation is 1. The fourth-order valence-electron chi connectivity index (χ4n) is 2.61. The smallest absolute Gasteiger partial charge is 0.191 e. The molecule has 0 bridgehead atoms. The van der Waals surface area contributed by atoms with E-state index in [1.165, 1.54) is 0 Å². The molecule has 2 N–H and O–H groups in total. The highest BCUT2D eigenvalue weighted by Crippen LogP contribution is 2.21. The molecular weight excluding hydrogens is 418 g/mol. The Morgan fingerprint density at radius 2 is 1.80 bits per heavy atom. The van der Waals surface area contributed by atoms with E-state index in [4.69, 9.17) is 33.3 Å². The number of thiocarbonyl (C=S) groups is 1. The number of para-hydroxylation sites is 1. The number of hydrazone groups is 1. The van der Waals surface area contributed by atoms with E-state index in [9.17, 15) is 0 Å². The predicted molar refractivity (Wildman–Crippen MR) is 127 cm³/mol. The Bertz CT molecular complexity index is 1010.